The Morgan fingerprint density at radius 2 is 2.05 bits per heavy atom. The first-order chi connectivity index (χ1) is 10.1. The molecule has 0 unspecified atom stereocenters. The molecule has 2 N–H and O–H groups in total. The van der Waals surface area contributed by atoms with Crippen LogP contribution in [-0.2, 0) is 10.0 Å². The van der Waals surface area contributed by atoms with E-state index in [9.17, 15) is 8.42 Å². The molecule has 1 aliphatic carbocycles. The first kappa shape index (κ1) is 14.4. The summed E-state index contributed by atoms with van der Waals surface area (Å²) >= 11 is 0. The van der Waals surface area contributed by atoms with Gasteiger partial charge in [-0.3, -0.25) is 4.98 Å². The van der Waals surface area contributed by atoms with Crippen molar-refractivity contribution in [1.82, 2.24) is 9.29 Å². The van der Waals surface area contributed by atoms with Gasteiger partial charge in [0.15, 0.2) is 0 Å². The van der Waals surface area contributed by atoms with Crippen LogP contribution < -0.4 is 5.73 Å². The zero-order chi connectivity index (χ0) is 14.9. The number of pyridine rings is 1. The normalized spacial score (nSPS) is 15.7. The molecule has 5 nitrogen and oxygen atoms in total. The predicted molar refractivity (Wildman–Crippen MR) is 82.3 cm³/mol. The van der Waals surface area contributed by atoms with Crippen LogP contribution in [0.3, 0.4) is 0 Å². The van der Waals surface area contributed by atoms with Gasteiger partial charge in [0.2, 0.25) is 10.0 Å². The van der Waals surface area contributed by atoms with Crippen LogP contribution in [0.1, 0.15) is 19.3 Å². The molecule has 1 aliphatic rings. The van der Waals surface area contributed by atoms with Crippen LogP contribution in [0, 0.1) is 0 Å². The van der Waals surface area contributed by atoms with E-state index in [0.717, 1.165) is 12.8 Å². The van der Waals surface area contributed by atoms with Gasteiger partial charge >= 0.3 is 0 Å². The number of sulfonamides is 1. The van der Waals surface area contributed by atoms with Gasteiger partial charge in [0.05, 0.1) is 10.4 Å². The lowest BCUT2D eigenvalue weighted by Gasteiger charge is -2.22. The maximum atomic E-state index is 13.0. The second kappa shape index (κ2) is 5.71. The van der Waals surface area contributed by atoms with Crippen molar-refractivity contribution >= 4 is 20.9 Å². The number of aromatic nitrogens is 1. The molecule has 3 rings (SSSR count). The molecule has 1 fully saturated rings. The molecule has 1 aromatic carbocycles. The quantitative estimate of drug-likeness (QED) is 0.882. The SMILES string of the molecule is NCCCN(C1CC1)S(=O)(=O)c1cccc2ncccc12. The van der Waals surface area contributed by atoms with Gasteiger partial charge in [-0.25, -0.2) is 8.42 Å². The molecule has 2 aromatic rings. The monoisotopic (exact) mass is 305 g/mol. The van der Waals surface area contributed by atoms with Gasteiger partial charge < -0.3 is 5.73 Å². The third kappa shape index (κ3) is 2.79. The van der Waals surface area contributed by atoms with Gasteiger partial charge in [-0.05, 0) is 50.1 Å². The summed E-state index contributed by atoms with van der Waals surface area (Å²) in [5.41, 5.74) is 6.24. The minimum atomic E-state index is -3.50. The van der Waals surface area contributed by atoms with Crippen molar-refractivity contribution < 1.29 is 8.42 Å². The second-order valence-corrected chi connectivity index (χ2v) is 7.17. The Bertz CT molecular complexity index is 736. The molecule has 112 valence electrons. The number of benzene rings is 1. The average Bonchev–Trinajstić information content (AvgIpc) is 3.31. The Kier molecular flexibility index (Phi) is 3.93. The Balaban J connectivity index is 2.06. The van der Waals surface area contributed by atoms with E-state index in [1.54, 1.807) is 28.7 Å². The number of hydrogen-bond donors (Lipinski definition) is 1. The standard InChI is InChI=1S/C15H19N3O2S/c16-9-3-11-18(12-7-8-12)21(19,20)15-6-1-5-14-13(15)4-2-10-17-14/h1-2,4-6,10,12H,3,7-9,11,16H2. The molecule has 1 saturated carbocycles. The third-order valence-electron chi connectivity index (χ3n) is 3.73. The van der Waals surface area contributed by atoms with Crippen molar-refractivity contribution in [2.24, 2.45) is 5.73 Å². The van der Waals surface area contributed by atoms with Gasteiger partial charge in [0, 0.05) is 24.2 Å². The first-order valence-electron chi connectivity index (χ1n) is 7.20. The van der Waals surface area contributed by atoms with Gasteiger partial charge in [0.25, 0.3) is 0 Å². The highest BCUT2D eigenvalue weighted by atomic mass is 32.2. The highest BCUT2D eigenvalue weighted by molar-refractivity contribution is 7.89. The van der Waals surface area contributed by atoms with E-state index in [1.807, 2.05) is 12.1 Å². The summed E-state index contributed by atoms with van der Waals surface area (Å²) in [5.74, 6) is 0. The first-order valence-corrected chi connectivity index (χ1v) is 8.64. The fourth-order valence-corrected chi connectivity index (χ4v) is 4.46. The van der Waals surface area contributed by atoms with Crippen LogP contribution in [0.25, 0.3) is 10.9 Å². The highest BCUT2D eigenvalue weighted by Crippen LogP contribution is 2.34. The maximum Gasteiger partial charge on any atom is 0.243 e. The lowest BCUT2D eigenvalue weighted by Crippen LogP contribution is -2.35. The van der Waals surface area contributed by atoms with E-state index < -0.39 is 10.0 Å². The van der Waals surface area contributed by atoms with Crippen molar-refractivity contribution in [2.45, 2.75) is 30.2 Å². The van der Waals surface area contributed by atoms with E-state index in [2.05, 4.69) is 4.98 Å². The lowest BCUT2D eigenvalue weighted by molar-refractivity contribution is 0.400. The Labute approximate surface area is 124 Å². The van der Waals surface area contributed by atoms with E-state index in [1.165, 1.54) is 0 Å². The van der Waals surface area contributed by atoms with Gasteiger partial charge in [-0.15, -0.1) is 0 Å². The number of fused-ring (bicyclic) bond motifs is 1. The summed E-state index contributed by atoms with van der Waals surface area (Å²) in [6.07, 6.45) is 4.23. The molecule has 0 aliphatic heterocycles. The molecule has 21 heavy (non-hydrogen) atoms. The molecular formula is C15H19N3O2S. The third-order valence-corrected chi connectivity index (χ3v) is 5.74. The van der Waals surface area contributed by atoms with E-state index >= 15 is 0 Å². The largest absolute Gasteiger partial charge is 0.330 e. The molecule has 0 radical (unpaired) electrons. The number of nitrogens with two attached hydrogens (primary N) is 1. The molecule has 0 amide bonds. The van der Waals surface area contributed by atoms with Crippen molar-refractivity contribution in [3.05, 3.63) is 36.5 Å². The second-order valence-electron chi connectivity index (χ2n) is 5.32. The summed E-state index contributed by atoms with van der Waals surface area (Å²) < 4.78 is 27.6. The lowest BCUT2D eigenvalue weighted by atomic mass is 10.2. The van der Waals surface area contributed by atoms with Gasteiger partial charge in [-0.1, -0.05) is 6.07 Å². The van der Waals surface area contributed by atoms with Crippen LogP contribution in [0.2, 0.25) is 0 Å². The highest BCUT2D eigenvalue weighted by Gasteiger charge is 2.38. The Morgan fingerprint density at radius 1 is 1.24 bits per heavy atom. The number of rotatable bonds is 6. The van der Waals surface area contributed by atoms with Crippen molar-refractivity contribution in [3.63, 3.8) is 0 Å². The summed E-state index contributed by atoms with van der Waals surface area (Å²) in [6, 6.07) is 8.95. The van der Waals surface area contributed by atoms with Gasteiger partial charge in [0.1, 0.15) is 0 Å². The van der Waals surface area contributed by atoms with Crippen molar-refractivity contribution in [3.8, 4) is 0 Å². The molecule has 1 heterocycles. The number of nitrogens with zero attached hydrogens (tertiary/aromatic N) is 2. The predicted octanol–water partition coefficient (Wildman–Crippen LogP) is 1.74. The van der Waals surface area contributed by atoms with E-state index in [4.69, 9.17) is 5.73 Å². The molecule has 0 spiro atoms. The van der Waals surface area contributed by atoms with Crippen LogP contribution in [0.4, 0.5) is 0 Å². The smallest absolute Gasteiger partial charge is 0.243 e. The van der Waals surface area contributed by atoms with Crippen LogP contribution in [-0.4, -0.2) is 36.8 Å². The zero-order valence-electron chi connectivity index (χ0n) is 11.8. The maximum absolute atomic E-state index is 13.0. The number of hydrogen-bond acceptors (Lipinski definition) is 4. The van der Waals surface area contributed by atoms with Crippen LogP contribution >= 0.6 is 0 Å². The molecular weight excluding hydrogens is 286 g/mol. The Hall–Kier alpha value is -1.50. The zero-order valence-corrected chi connectivity index (χ0v) is 12.6. The van der Waals surface area contributed by atoms with Crippen molar-refractivity contribution in [2.75, 3.05) is 13.1 Å². The summed E-state index contributed by atoms with van der Waals surface area (Å²) in [7, 11) is -3.50. The summed E-state index contributed by atoms with van der Waals surface area (Å²) in [5, 5.41) is 0.679. The minimum absolute atomic E-state index is 0.133. The molecule has 6 heteroatoms. The summed E-state index contributed by atoms with van der Waals surface area (Å²) in [6.45, 7) is 0.982. The molecule has 0 bridgehead atoms. The molecule has 1 aromatic heterocycles. The summed E-state index contributed by atoms with van der Waals surface area (Å²) in [4.78, 5) is 4.58. The van der Waals surface area contributed by atoms with E-state index in [0.29, 0.717) is 35.3 Å². The average molecular weight is 305 g/mol. The molecule has 0 saturated heterocycles. The fraction of sp³-hybridized carbons (Fsp3) is 0.400. The fourth-order valence-electron chi connectivity index (χ4n) is 2.54. The minimum Gasteiger partial charge on any atom is -0.330 e. The Morgan fingerprint density at radius 3 is 2.76 bits per heavy atom. The van der Waals surface area contributed by atoms with Crippen LogP contribution in [0.5, 0.6) is 0 Å². The van der Waals surface area contributed by atoms with E-state index in [-0.39, 0.29) is 6.04 Å². The van der Waals surface area contributed by atoms with Gasteiger partial charge in [-0.2, -0.15) is 4.31 Å². The topological polar surface area (TPSA) is 76.3 Å². The van der Waals surface area contributed by atoms with Crippen LogP contribution in [0.15, 0.2) is 41.4 Å². The molecule has 0 atom stereocenters. The van der Waals surface area contributed by atoms with Crippen molar-refractivity contribution in [1.29, 1.82) is 0 Å².